The monoisotopic (exact) mass is 427 g/mol. The van der Waals surface area contributed by atoms with E-state index in [1.807, 2.05) is 19.3 Å². The first-order valence-corrected chi connectivity index (χ1v) is 9.27. The zero-order valence-corrected chi connectivity index (χ0v) is 16.4. The van der Waals surface area contributed by atoms with Crippen molar-refractivity contribution in [3.05, 3.63) is 54.5 Å². The van der Waals surface area contributed by atoms with Gasteiger partial charge in [-0.2, -0.15) is 9.49 Å². The third-order valence-electron chi connectivity index (χ3n) is 4.24. The summed E-state index contributed by atoms with van der Waals surface area (Å²) in [5.41, 5.74) is 2.54. The van der Waals surface area contributed by atoms with Gasteiger partial charge in [0.2, 0.25) is 11.9 Å². The number of aromatic amines is 1. The van der Waals surface area contributed by atoms with Gasteiger partial charge < -0.3 is 15.6 Å². The van der Waals surface area contributed by atoms with Crippen LogP contribution in [-0.4, -0.2) is 42.4 Å². The maximum Gasteiger partial charge on any atom is 0.257 e. The highest BCUT2D eigenvalue weighted by molar-refractivity contribution is 6.29. The second-order valence-corrected chi connectivity index (χ2v) is 6.71. The highest BCUT2D eigenvalue weighted by atomic mass is 35.5. The van der Waals surface area contributed by atoms with Crippen molar-refractivity contribution in [2.45, 2.75) is 0 Å². The summed E-state index contributed by atoms with van der Waals surface area (Å²) >= 11 is 5.44. The van der Waals surface area contributed by atoms with Crippen molar-refractivity contribution in [1.82, 2.24) is 24.7 Å². The third-order valence-corrected chi connectivity index (χ3v) is 4.48. The molecule has 30 heavy (non-hydrogen) atoms. The first kappa shape index (κ1) is 19.5. The van der Waals surface area contributed by atoms with Crippen LogP contribution in [0, 0.1) is 5.95 Å². The Kier molecular flexibility index (Phi) is 5.15. The minimum atomic E-state index is -0.887. The fourth-order valence-electron chi connectivity index (χ4n) is 2.85. The minimum Gasteiger partial charge on any atom is -0.339 e. The lowest BCUT2D eigenvalue weighted by atomic mass is 10.2. The van der Waals surface area contributed by atoms with Gasteiger partial charge in [0.05, 0.1) is 35.0 Å². The van der Waals surface area contributed by atoms with Crippen molar-refractivity contribution in [2.75, 3.05) is 16.5 Å². The standard InChI is InChI=1S/C19H15ClFN7O2/c1-28-9-12(7-24-28)14-3-10-2-11(6-23-18(10)26-14)19(30)27-15-4-13(8-22-17(15)21)25-16(29)5-20/h2-4,6-9H,5H2,1H3,(H,23,26)(H,25,29)(H,27,30). The first-order chi connectivity index (χ1) is 14.4. The molecule has 11 heteroatoms. The number of halogens is 2. The number of nitrogens with one attached hydrogen (secondary N) is 3. The van der Waals surface area contributed by atoms with Crippen LogP contribution in [0.4, 0.5) is 15.8 Å². The molecule has 0 radical (unpaired) electrons. The van der Waals surface area contributed by atoms with Crippen LogP contribution in [0.2, 0.25) is 0 Å². The van der Waals surface area contributed by atoms with Crippen molar-refractivity contribution in [3.8, 4) is 11.3 Å². The van der Waals surface area contributed by atoms with Crippen molar-refractivity contribution in [2.24, 2.45) is 7.05 Å². The van der Waals surface area contributed by atoms with E-state index in [1.54, 1.807) is 16.9 Å². The van der Waals surface area contributed by atoms with Crippen molar-refractivity contribution in [1.29, 1.82) is 0 Å². The number of aryl methyl sites for hydroxylation is 1. The zero-order valence-electron chi connectivity index (χ0n) is 15.6. The molecule has 4 heterocycles. The average molecular weight is 428 g/mol. The van der Waals surface area contributed by atoms with Gasteiger partial charge in [-0.15, -0.1) is 11.6 Å². The SMILES string of the molecule is Cn1cc(-c2cc3cc(C(=O)Nc4cc(NC(=O)CCl)cnc4F)cnc3[nH]2)cn1. The Hall–Kier alpha value is -3.79. The highest BCUT2D eigenvalue weighted by Crippen LogP contribution is 2.24. The number of aromatic nitrogens is 5. The molecule has 0 aliphatic rings. The van der Waals surface area contributed by atoms with Crippen LogP contribution >= 0.6 is 11.6 Å². The number of hydrogen-bond acceptors (Lipinski definition) is 5. The van der Waals surface area contributed by atoms with Crippen molar-refractivity contribution >= 4 is 45.8 Å². The number of fused-ring (bicyclic) bond motifs is 1. The summed E-state index contributed by atoms with van der Waals surface area (Å²) in [5.74, 6) is -2.20. The summed E-state index contributed by atoms with van der Waals surface area (Å²) in [7, 11) is 1.82. The maximum atomic E-state index is 14.0. The Morgan fingerprint density at radius 1 is 1.17 bits per heavy atom. The van der Waals surface area contributed by atoms with Gasteiger partial charge in [-0.3, -0.25) is 14.3 Å². The lowest BCUT2D eigenvalue weighted by Gasteiger charge is -2.08. The van der Waals surface area contributed by atoms with E-state index in [4.69, 9.17) is 11.6 Å². The predicted octanol–water partition coefficient (Wildman–Crippen LogP) is 2.93. The normalized spacial score (nSPS) is 10.9. The Bertz CT molecular complexity index is 1270. The van der Waals surface area contributed by atoms with Gasteiger partial charge >= 0.3 is 0 Å². The van der Waals surface area contributed by atoms with Crippen LogP contribution in [0.1, 0.15) is 10.4 Å². The molecule has 3 N–H and O–H groups in total. The molecule has 2 amide bonds. The molecule has 0 spiro atoms. The minimum absolute atomic E-state index is 0.183. The van der Waals surface area contributed by atoms with Gasteiger partial charge in [0.1, 0.15) is 11.5 Å². The van der Waals surface area contributed by atoms with Crippen molar-refractivity contribution in [3.63, 3.8) is 0 Å². The topological polar surface area (TPSA) is 118 Å². The second kappa shape index (κ2) is 7.91. The molecule has 4 rings (SSSR count). The molecule has 0 aromatic carbocycles. The maximum absolute atomic E-state index is 14.0. The fraction of sp³-hybridized carbons (Fsp3) is 0.105. The molecule has 4 aromatic heterocycles. The van der Waals surface area contributed by atoms with Gasteiger partial charge in [0.15, 0.2) is 0 Å². The summed E-state index contributed by atoms with van der Waals surface area (Å²) in [6, 6.07) is 4.74. The summed E-state index contributed by atoms with van der Waals surface area (Å²) in [4.78, 5) is 34.9. The van der Waals surface area contributed by atoms with E-state index in [1.165, 1.54) is 12.3 Å². The van der Waals surface area contributed by atoms with E-state index in [2.05, 4.69) is 30.7 Å². The number of pyridine rings is 2. The summed E-state index contributed by atoms with van der Waals surface area (Å²) < 4.78 is 15.7. The molecule has 0 unspecified atom stereocenters. The number of hydrogen-bond donors (Lipinski definition) is 3. The molecule has 0 aliphatic heterocycles. The average Bonchev–Trinajstić information content (AvgIpc) is 3.35. The highest BCUT2D eigenvalue weighted by Gasteiger charge is 2.14. The molecular weight excluding hydrogens is 413 g/mol. The van der Waals surface area contributed by atoms with E-state index in [0.29, 0.717) is 11.0 Å². The predicted molar refractivity (Wildman–Crippen MR) is 110 cm³/mol. The van der Waals surface area contributed by atoms with Crippen LogP contribution in [0.5, 0.6) is 0 Å². The number of amides is 2. The first-order valence-electron chi connectivity index (χ1n) is 8.73. The molecule has 0 saturated heterocycles. The van der Waals surface area contributed by atoms with E-state index in [0.717, 1.165) is 17.5 Å². The summed E-state index contributed by atoms with van der Waals surface area (Å²) in [6.45, 7) is 0. The lowest BCUT2D eigenvalue weighted by Crippen LogP contribution is -2.16. The Labute approximate surface area is 174 Å². The number of alkyl halides is 1. The molecule has 9 nitrogen and oxygen atoms in total. The molecule has 0 bridgehead atoms. The van der Waals surface area contributed by atoms with Gasteiger partial charge in [-0.25, -0.2) is 9.97 Å². The van der Waals surface area contributed by atoms with Crippen LogP contribution in [0.25, 0.3) is 22.3 Å². The van der Waals surface area contributed by atoms with E-state index in [9.17, 15) is 14.0 Å². The largest absolute Gasteiger partial charge is 0.339 e. The van der Waals surface area contributed by atoms with Gasteiger partial charge in [-0.1, -0.05) is 0 Å². The number of rotatable bonds is 5. The number of anilines is 2. The quantitative estimate of drug-likeness (QED) is 0.334. The Morgan fingerprint density at radius 3 is 2.73 bits per heavy atom. The third kappa shape index (κ3) is 3.98. The van der Waals surface area contributed by atoms with E-state index < -0.39 is 17.8 Å². The van der Waals surface area contributed by atoms with Crippen molar-refractivity contribution < 1.29 is 14.0 Å². The zero-order chi connectivity index (χ0) is 21.3. The van der Waals surface area contributed by atoms with E-state index >= 15 is 0 Å². The number of nitrogens with zero attached hydrogens (tertiary/aromatic N) is 4. The van der Waals surface area contributed by atoms with Gasteiger partial charge in [0, 0.05) is 30.4 Å². The Balaban J connectivity index is 1.57. The van der Waals surface area contributed by atoms with E-state index in [-0.39, 0.29) is 22.8 Å². The number of H-pyrrole nitrogens is 1. The summed E-state index contributed by atoms with van der Waals surface area (Å²) in [5, 5.41) is 9.73. The van der Waals surface area contributed by atoms with Gasteiger partial charge in [0.25, 0.3) is 5.91 Å². The molecule has 4 aromatic rings. The van der Waals surface area contributed by atoms with Gasteiger partial charge in [-0.05, 0) is 18.2 Å². The van der Waals surface area contributed by atoms with Crippen LogP contribution in [0.3, 0.4) is 0 Å². The fourth-order valence-corrected chi connectivity index (χ4v) is 2.92. The molecule has 152 valence electrons. The second-order valence-electron chi connectivity index (χ2n) is 6.45. The molecule has 0 aliphatic carbocycles. The summed E-state index contributed by atoms with van der Waals surface area (Å²) in [6.07, 6.45) is 6.07. The molecule has 0 fully saturated rings. The number of carbonyl (C=O) groups excluding carboxylic acids is 2. The smallest absolute Gasteiger partial charge is 0.257 e. The Morgan fingerprint density at radius 2 is 2.00 bits per heavy atom. The molecular formula is C19H15ClFN7O2. The molecule has 0 saturated carbocycles. The van der Waals surface area contributed by atoms with Crippen LogP contribution in [0.15, 0.2) is 43.0 Å². The van der Waals surface area contributed by atoms with Crippen LogP contribution in [-0.2, 0) is 11.8 Å². The van der Waals surface area contributed by atoms with Crippen LogP contribution < -0.4 is 10.6 Å². The number of carbonyl (C=O) groups is 2. The molecule has 0 atom stereocenters. The lowest BCUT2D eigenvalue weighted by molar-refractivity contribution is -0.113.